The third kappa shape index (κ3) is 3.75. The average Bonchev–Trinajstić information content (AvgIpc) is 3.71. The first-order chi connectivity index (χ1) is 19.2. The van der Waals surface area contributed by atoms with Crippen LogP contribution in [0.25, 0.3) is 57.7 Å². The molecule has 5 heterocycles. The van der Waals surface area contributed by atoms with E-state index in [2.05, 4.69) is 104 Å². The molecule has 0 saturated carbocycles. The highest BCUT2D eigenvalue weighted by Gasteiger charge is 2.24. The molecule has 0 radical (unpaired) electrons. The van der Waals surface area contributed by atoms with Crippen LogP contribution < -0.4 is 5.32 Å². The molecule has 5 heteroatoms. The van der Waals surface area contributed by atoms with E-state index in [9.17, 15) is 0 Å². The quantitative estimate of drug-likeness (QED) is 0.233. The van der Waals surface area contributed by atoms with Crippen LogP contribution in [0.5, 0.6) is 0 Å². The number of aromatic nitrogens is 1. The number of thiophene rings is 3. The van der Waals surface area contributed by atoms with E-state index in [1.165, 1.54) is 73.3 Å². The van der Waals surface area contributed by atoms with Gasteiger partial charge in [-0.2, -0.15) is 0 Å². The molecule has 7 aromatic rings. The molecule has 4 aromatic heterocycles. The van der Waals surface area contributed by atoms with E-state index in [0.717, 1.165) is 18.5 Å². The van der Waals surface area contributed by atoms with Crippen molar-refractivity contribution in [1.29, 1.82) is 0 Å². The molecule has 3 aromatic carbocycles. The summed E-state index contributed by atoms with van der Waals surface area (Å²) in [5.41, 5.74) is 7.47. The molecular weight excluding hydrogens is 533 g/mol. The molecule has 8 rings (SSSR count). The largest absolute Gasteiger partial charge is 0.382 e. The summed E-state index contributed by atoms with van der Waals surface area (Å²) < 4.78 is 4.09. The van der Waals surface area contributed by atoms with E-state index in [1.807, 2.05) is 34.0 Å². The van der Waals surface area contributed by atoms with Gasteiger partial charge in [-0.25, -0.2) is 0 Å². The van der Waals surface area contributed by atoms with Crippen molar-refractivity contribution in [2.45, 2.75) is 26.2 Å². The summed E-state index contributed by atoms with van der Waals surface area (Å²) in [7, 11) is 0. The van der Waals surface area contributed by atoms with Crippen LogP contribution >= 0.6 is 34.0 Å². The molecule has 0 spiro atoms. The van der Waals surface area contributed by atoms with Gasteiger partial charge in [-0.3, -0.25) is 4.98 Å². The molecule has 2 nitrogen and oxygen atoms in total. The number of fused-ring (bicyclic) bond motifs is 7. The van der Waals surface area contributed by atoms with E-state index < -0.39 is 0 Å². The number of allylic oxidation sites excluding steroid dienone is 1. The fourth-order valence-corrected chi connectivity index (χ4v) is 9.11. The molecule has 0 bridgehead atoms. The SMILES string of the molecule is CC=Cc1c(C)ccc2sc(-c3cnc4c5c(ccc4c3)CC(c3cc4c(ccc6sccc64)s3)CN5)cc12. The van der Waals surface area contributed by atoms with Crippen molar-refractivity contribution in [2.24, 2.45) is 0 Å². The first kappa shape index (κ1) is 23.4. The number of nitrogens with zero attached hydrogens (tertiary/aromatic N) is 1. The Labute approximate surface area is 239 Å². The summed E-state index contributed by atoms with van der Waals surface area (Å²) in [6, 6.07) is 22.9. The Bertz CT molecular complexity index is 2090. The second-order valence-corrected chi connectivity index (χ2v) is 13.6. The van der Waals surface area contributed by atoms with E-state index in [4.69, 9.17) is 4.98 Å². The molecule has 0 fully saturated rings. The molecule has 0 amide bonds. The van der Waals surface area contributed by atoms with E-state index in [1.54, 1.807) is 0 Å². The zero-order chi connectivity index (χ0) is 26.1. The number of hydrogen-bond acceptors (Lipinski definition) is 5. The fraction of sp³-hybridized carbons (Fsp3) is 0.147. The van der Waals surface area contributed by atoms with Crippen LogP contribution in [0.4, 0.5) is 5.69 Å². The van der Waals surface area contributed by atoms with Gasteiger partial charge in [-0.05, 0) is 84.8 Å². The number of hydrogen-bond donors (Lipinski definition) is 1. The number of pyridine rings is 1. The van der Waals surface area contributed by atoms with Gasteiger partial charge in [0, 0.05) is 69.6 Å². The molecule has 0 saturated heterocycles. The van der Waals surface area contributed by atoms with Crippen LogP contribution in [-0.4, -0.2) is 11.5 Å². The van der Waals surface area contributed by atoms with Crippen molar-refractivity contribution in [3.8, 4) is 10.4 Å². The minimum atomic E-state index is 0.480. The fourth-order valence-electron chi connectivity index (χ4n) is 6.07. The van der Waals surface area contributed by atoms with Crippen LogP contribution in [-0.2, 0) is 6.42 Å². The van der Waals surface area contributed by atoms with Crippen LogP contribution in [0.2, 0.25) is 0 Å². The third-order valence-corrected chi connectivity index (χ3v) is 11.4. The maximum Gasteiger partial charge on any atom is 0.0936 e. The molecule has 39 heavy (non-hydrogen) atoms. The molecular formula is C34H26N2S3. The third-order valence-electron chi connectivity index (χ3n) is 8.06. The van der Waals surface area contributed by atoms with Gasteiger partial charge >= 0.3 is 0 Å². The maximum absolute atomic E-state index is 5.01. The van der Waals surface area contributed by atoms with Gasteiger partial charge in [0.15, 0.2) is 0 Å². The van der Waals surface area contributed by atoms with E-state index in [0.29, 0.717) is 5.92 Å². The zero-order valence-corrected chi connectivity index (χ0v) is 24.2. The second kappa shape index (κ2) is 9.02. The lowest BCUT2D eigenvalue weighted by atomic mass is 9.91. The molecule has 1 atom stereocenters. The molecule has 1 aliphatic rings. The standard InChI is InChI=1S/C34H26N2S3/c1-3-4-24-19(2)5-8-29-26(24)15-31(38-29)22-13-20-6-7-21-14-23(18-36-34(21)33(20)35-17-22)32-16-27-25-11-12-37-28(25)9-10-30(27)39-32/h3-13,15-17,23,36H,14,18H2,1-2H3. The Kier molecular flexibility index (Phi) is 5.41. The van der Waals surface area contributed by atoms with E-state index in [-0.39, 0.29) is 0 Å². The van der Waals surface area contributed by atoms with Gasteiger partial charge in [0.25, 0.3) is 0 Å². The highest BCUT2D eigenvalue weighted by Crippen LogP contribution is 2.42. The summed E-state index contributed by atoms with van der Waals surface area (Å²) in [4.78, 5) is 7.76. The predicted octanol–water partition coefficient (Wildman–Crippen LogP) is 10.6. The van der Waals surface area contributed by atoms with Gasteiger partial charge in [-0.1, -0.05) is 30.4 Å². The normalized spacial score (nSPS) is 15.6. The minimum Gasteiger partial charge on any atom is -0.382 e. The van der Waals surface area contributed by atoms with Crippen LogP contribution in [0.1, 0.15) is 34.4 Å². The lowest BCUT2D eigenvalue weighted by molar-refractivity contribution is 0.709. The summed E-state index contributed by atoms with van der Waals surface area (Å²) in [5, 5.41) is 11.3. The smallest absolute Gasteiger partial charge is 0.0936 e. The summed E-state index contributed by atoms with van der Waals surface area (Å²) in [6.07, 6.45) is 7.45. The van der Waals surface area contributed by atoms with Gasteiger partial charge in [0.05, 0.1) is 11.2 Å². The topological polar surface area (TPSA) is 24.9 Å². The summed E-state index contributed by atoms with van der Waals surface area (Å²) in [6.45, 7) is 5.21. The van der Waals surface area contributed by atoms with Crippen molar-refractivity contribution in [3.05, 3.63) is 99.9 Å². The second-order valence-electron chi connectivity index (χ2n) is 10.5. The number of anilines is 1. The highest BCUT2D eigenvalue weighted by atomic mass is 32.1. The lowest BCUT2D eigenvalue weighted by Crippen LogP contribution is -2.21. The Balaban J connectivity index is 1.14. The maximum atomic E-state index is 5.01. The number of benzene rings is 3. The monoisotopic (exact) mass is 558 g/mol. The van der Waals surface area contributed by atoms with Crippen molar-refractivity contribution in [3.63, 3.8) is 0 Å². The zero-order valence-electron chi connectivity index (χ0n) is 21.7. The number of rotatable bonds is 3. The number of aryl methyl sites for hydroxylation is 1. The Morgan fingerprint density at radius 1 is 0.897 bits per heavy atom. The highest BCUT2D eigenvalue weighted by molar-refractivity contribution is 7.22. The molecule has 190 valence electrons. The average molecular weight is 559 g/mol. The van der Waals surface area contributed by atoms with Gasteiger partial charge < -0.3 is 5.32 Å². The van der Waals surface area contributed by atoms with Gasteiger partial charge in [0.2, 0.25) is 0 Å². The lowest BCUT2D eigenvalue weighted by Gasteiger charge is -2.26. The van der Waals surface area contributed by atoms with Crippen molar-refractivity contribution >= 4 is 86.9 Å². The first-order valence-electron chi connectivity index (χ1n) is 13.4. The van der Waals surface area contributed by atoms with Gasteiger partial charge in [0.1, 0.15) is 0 Å². The summed E-state index contributed by atoms with van der Waals surface area (Å²) in [5.74, 6) is 0.480. The molecule has 1 N–H and O–H groups in total. The van der Waals surface area contributed by atoms with Gasteiger partial charge in [-0.15, -0.1) is 34.0 Å². The van der Waals surface area contributed by atoms with Crippen LogP contribution in [0.3, 0.4) is 0 Å². The molecule has 1 aliphatic heterocycles. The van der Waals surface area contributed by atoms with Crippen LogP contribution in [0, 0.1) is 6.92 Å². The first-order valence-corrected chi connectivity index (χ1v) is 15.9. The van der Waals surface area contributed by atoms with Crippen LogP contribution in [0.15, 0.2) is 78.3 Å². The molecule has 0 aliphatic carbocycles. The number of nitrogens with one attached hydrogen (secondary N) is 1. The Morgan fingerprint density at radius 3 is 2.69 bits per heavy atom. The predicted molar refractivity (Wildman–Crippen MR) is 174 cm³/mol. The van der Waals surface area contributed by atoms with Crippen molar-refractivity contribution in [2.75, 3.05) is 11.9 Å². The molecule has 1 unspecified atom stereocenters. The minimum absolute atomic E-state index is 0.480. The Morgan fingerprint density at radius 2 is 1.77 bits per heavy atom. The summed E-state index contributed by atoms with van der Waals surface area (Å²) >= 11 is 5.63. The van der Waals surface area contributed by atoms with E-state index >= 15 is 0 Å². The van der Waals surface area contributed by atoms with Crippen molar-refractivity contribution in [1.82, 2.24) is 4.98 Å². The van der Waals surface area contributed by atoms with Crippen molar-refractivity contribution < 1.29 is 0 Å². The Hall–Kier alpha value is -3.51.